The number of rotatable bonds is 6. The standard InChI is InChI=1S/C9H22N2O/c1-5-12-9(8(2)10)6-7-11(3)4/h8-9H,5-7,10H2,1-4H3. The highest BCUT2D eigenvalue weighted by molar-refractivity contribution is 4.69. The highest BCUT2D eigenvalue weighted by Crippen LogP contribution is 2.02. The van der Waals surface area contributed by atoms with Gasteiger partial charge in [0.05, 0.1) is 6.10 Å². The number of nitrogens with zero attached hydrogens (tertiary/aromatic N) is 1. The summed E-state index contributed by atoms with van der Waals surface area (Å²) in [7, 11) is 4.12. The molecule has 0 aromatic heterocycles. The maximum Gasteiger partial charge on any atom is 0.0735 e. The van der Waals surface area contributed by atoms with Crippen LogP contribution in [0.1, 0.15) is 20.3 Å². The summed E-state index contributed by atoms with van der Waals surface area (Å²) in [6.07, 6.45) is 1.22. The fraction of sp³-hybridized carbons (Fsp3) is 1.00. The molecule has 12 heavy (non-hydrogen) atoms. The summed E-state index contributed by atoms with van der Waals surface area (Å²) in [5.74, 6) is 0. The lowest BCUT2D eigenvalue weighted by atomic mass is 10.1. The fourth-order valence-electron chi connectivity index (χ4n) is 1.10. The molecule has 3 heteroatoms. The van der Waals surface area contributed by atoms with Crippen molar-refractivity contribution in [1.82, 2.24) is 4.90 Å². The maximum absolute atomic E-state index is 5.77. The van der Waals surface area contributed by atoms with Crippen molar-refractivity contribution in [2.24, 2.45) is 5.73 Å². The predicted octanol–water partition coefficient (Wildman–Crippen LogP) is 0.690. The molecule has 0 rings (SSSR count). The van der Waals surface area contributed by atoms with Crippen LogP contribution in [0.3, 0.4) is 0 Å². The zero-order chi connectivity index (χ0) is 9.56. The van der Waals surface area contributed by atoms with E-state index in [2.05, 4.69) is 19.0 Å². The lowest BCUT2D eigenvalue weighted by Crippen LogP contribution is -2.36. The summed E-state index contributed by atoms with van der Waals surface area (Å²) >= 11 is 0. The van der Waals surface area contributed by atoms with Gasteiger partial charge in [-0.3, -0.25) is 0 Å². The van der Waals surface area contributed by atoms with Gasteiger partial charge in [0, 0.05) is 19.2 Å². The van der Waals surface area contributed by atoms with Gasteiger partial charge in [0.1, 0.15) is 0 Å². The van der Waals surface area contributed by atoms with E-state index >= 15 is 0 Å². The van der Waals surface area contributed by atoms with E-state index in [0.717, 1.165) is 19.6 Å². The minimum Gasteiger partial charge on any atom is -0.377 e. The molecule has 2 atom stereocenters. The first-order valence-corrected chi connectivity index (χ1v) is 4.59. The van der Waals surface area contributed by atoms with Gasteiger partial charge in [-0.25, -0.2) is 0 Å². The Morgan fingerprint density at radius 1 is 1.42 bits per heavy atom. The van der Waals surface area contributed by atoms with Gasteiger partial charge in [-0.15, -0.1) is 0 Å². The molecule has 0 bridgehead atoms. The van der Waals surface area contributed by atoms with Gasteiger partial charge >= 0.3 is 0 Å². The molecule has 2 unspecified atom stereocenters. The highest BCUT2D eigenvalue weighted by Gasteiger charge is 2.13. The Hall–Kier alpha value is -0.120. The minimum absolute atomic E-state index is 0.130. The van der Waals surface area contributed by atoms with Gasteiger partial charge in [0.25, 0.3) is 0 Å². The predicted molar refractivity (Wildman–Crippen MR) is 52.2 cm³/mol. The number of ether oxygens (including phenoxy) is 1. The molecule has 74 valence electrons. The van der Waals surface area contributed by atoms with Crippen LogP contribution in [-0.4, -0.2) is 44.3 Å². The Morgan fingerprint density at radius 3 is 2.33 bits per heavy atom. The second-order valence-corrected chi connectivity index (χ2v) is 3.44. The fourth-order valence-corrected chi connectivity index (χ4v) is 1.10. The average molecular weight is 174 g/mol. The first-order valence-electron chi connectivity index (χ1n) is 4.59. The van der Waals surface area contributed by atoms with E-state index in [1.807, 2.05) is 13.8 Å². The van der Waals surface area contributed by atoms with Gasteiger partial charge < -0.3 is 15.4 Å². The van der Waals surface area contributed by atoms with Crippen LogP contribution in [0.2, 0.25) is 0 Å². The largest absolute Gasteiger partial charge is 0.377 e. The molecule has 0 heterocycles. The lowest BCUT2D eigenvalue weighted by molar-refractivity contribution is 0.0377. The van der Waals surface area contributed by atoms with Crippen molar-refractivity contribution in [3.8, 4) is 0 Å². The van der Waals surface area contributed by atoms with E-state index in [9.17, 15) is 0 Å². The van der Waals surface area contributed by atoms with E-state index < -0.39 is 0 Å². The molecule has 0 fully saturated rings. The molecule has 0 aromatic rings. The summed E-state index contributed by atoms with van der Waals surface area (Å²) in [4.78, 5) is 2.15. The van der Waals surface area contributed by atoms with Crippen molar-refractivity contribution < 1.29 is 4.74 Å². The number of hydrogen-bond acceptors (Lipinski definition) is 3. The van der Waals surface area contributed by atoms with Crippen LogP contribution in [-0.2, 0) is 4.74 Å². The van der Waals surface area contributed by atoms with Crippen molar-refractivity contribution in [2.45, 2.75) is 32.4 Å². The van der Waals surface area contributed by atoms with Crippen molar-refractivity contribution >= 4 is 0 Å². The Bertz CT molecular complexity index is 105. The Kier molecular flexibility index (Phi) is 6.34. The molecule has 3 nitrogen and oxygen atoms in total. The highest BCUT2D eigenvalue weighted by atomic mass is 16.5. The molecule has 0 aromatic carbocycles. The van der Waals surface area contributed by atoms with Crippen molar-refractivity contribution in [3.63, 3.8) is 0 Å². The van der Waals surface area contributed by atoms with Gasteiger partial charge in [-0.05, 0) is 34.4 Å². The smallest absolute Gasteiger partial charge is 0.0735 e. The first kappa shape index (κ1) is 11.9. The number of nitrogens with two attached hydrogens (primary N) is 1. The summed E-state index contributed by atoms with van der Waals surface area (Å²) in [5, 5.41) is 0. The second kappa shape index (κ2) is 6.40. The monoisotopic (exact) mass is 174 g/mol. The van der Waals surface area contributed by atoms with Crippen LogP contribution in [0, 0.1) is 0 Å². The molecular formula is C9H22N2O. The molecule has 0 saturated heterocycles. The van der Waals surface area contributed by atoms with Gasteiger partial charge in [0.2, 0.25) is 0 Å². The van der Waals surface area contributed by atoms with E-state index in [4.69, 9.17) is 10.5 Å². The molecule has 0 aliphatic rings. The molecule has 0 amide bonds. The normalized spacial score (nSPS) is 16.5. The third-order valence-electron chi connectivity index (χ3n) is 1.83. The summed E-state index contributed by atoms with van der Waals surface area (Å²) in [6, 6.07) is 0.130. The van der Waals surface area contributed by atoms with E-state index in [1.165, 1.54) is 0 Å². The molecule has 2 N–H and O–H groups in total. The summed E-state index contributed by atoms with van der Waals surface area (Å²) in [5.41, 5.74) is 5.77. The van der Waals surface area contributed by atoms with E-state index in [1.54, 1.807) is 0 Å². The molecule has 0 aliphatic heterocycles. The van der Waals surface area contributed by atoms with Crippen LogP contribution < -0.4 is 5.73 Å². The van der Waals surface area contributed by atoms with Crippen molar-refractivity contribution in [2.75, 3.05) is 27.2 Å². The third-order valence-corrected chi connectivity index (χ3v) is 1.83. The van der Waals surface area contributed by atoms with Crippen LogP contribution in [0.4, 0.5) is 0 Å². The molecule has 0 spiro atoms. The third kappa shape index (κ3) is 5.52. The van der Waals surface area contributed by atoms with E-state index in [-0.39, 0.29) is 12.1 Å². The Morgan fingerprint density at radius 2 is 2.00 bits per heavy atom. The molecular weight excluding hydrogens is 152 g/mol. The van der Waals surface area contributed by atoms with Gasteiger partial charge in [0.15, 0.2) is 0 Å². The summed E-state index contributed by atoms with van der Waals surface area (Å²) in [6.45, 7) is 5.78. The first-order chi connectivity index (χ1) is 5.57. The quantitative estimate of drug-likeness (QED) is 0.644. The van der Waals surface area contributed by atoms with Crippen molar-refractivity contribution in [1.29, 1.82) is 0 Å². The Balaban J connectivity index is 3.63. The molecule has 0 radical (unpaired) electrons. The average Bonchev–Trinajstić information content (AvgIpc) is 1.96. The number of hydrogen-bond donors (Lipinski definition) is 1. The lowest BCUT2D eigenvalue weighted by Gasteiger charge is -2.22. The molecule has 0 saturated carbocycles. The zero-order valence-corrected chi connectivity index (χ0v) is 8.71. The molecule has 0 aliphatic carbocycles. The Labute approximate surface area is 75.9 Å². The van der Waals surface area contributed by atoms with Crippen molar-refractivity contribution in [3.05, 3.63) is 0 Å². The minimum atomic E-state index is 0.130. The van der Waals surface area contributed by atoms with Crippen LogP contribution in [0.25, 0.3) is 0 Å². The summed E-state index contributed by atoms with van der Waals surface area (Å²) < 4.78 is 5.50. The van der Waals surface area contributed by atoms with Crippen LogP contribution in [0.15, 0.2) is 0 Å². The zero-order valence-electron chi connectivity index (χ0n) is 8.71. The van der Waals surface area contributed by atoms with Crippen LogP contribution >= 0.6 is 0 Å². The van der Waals surface area contributed by atoms with Gasteiger partial charge in [-0.1, -0.05) is 0 Å². The van der Waals surface area contributed by atoms with Gasteiger partial charge in [-0.2, -0.15) is 0 Å². The van der Waals surface area contributed by atoms with E-state index in [0.29, 0.717) is 0 Å². The SMILES string of the molecule is CCOC(CCN(C)C)C(C)N. The van der Waals surface area contributed by atoms with Crippen LogP contribution in [0.5, 0.6) is 0 Å². The maximum atomic E-state index is 5.77. The second-order valence-electron chi connectivity index (χ2n) is 3.44. The topological polar surface area (TPSA) is 38.5 Å².